The molecule has 1 amide bonds. The van der Waals surface area contributed by atoms with E-state index < -0.39 is 0 Å². The highest BCUT2D eigenvalue weighted by atomic mass is 32.1. The minimum Gasteiger partial charge on any atom is -0.368 e. The average Bonchev–Trinajstić information content (AvgIpc) is 3.01. The quantitative estimate of drug-likeness (QED) is 0.518. The number of nitrogen functional groups attached to an aromatic ring is 1. The molecular formula is C16H18N2O2S. The van der Waals surface area contributed by atoms with Crippen LogP contribution in [0.5, 0.6) is 0 Å². The smallest absolute Gasteiger partial charge is 0.275 e. The van der Waals surface area contributed by atoms with Gasteiger partial charge in [0, 0.05) is 4.88 Å². The number of hydrazine groups is 1. The van der Waals surface area contributed by atoms with Gasteiger partial charge in [-0.1, -0.05) is 24.3 Å². The molecule has 1 aliphatic carbocycles. The first-order valence-corrected chi connectivity index (χ1v) is 7.88. The van der Waals surface area contributed by atoms with Crippen molar-refractivity contribution < 1.29 is 9.53 Å². The number of rotatable bonds is 4. The highest BCUT2D eigenvalue weighted by molar-refractivity contribution is 7.14. The van der Waals surface area contributed by atoms with Crippen LogP contribution >= 0.6 is 11.3 Å². The number of hydrogen-bond donors (Lipinski definition) is 2. The molecule has 1 unspecified atom stereocenters. The molecule has 0 saturated heterocycles. The van der Waals surface area contributed by atoms with Crippen molar-refractivity contribution in [2.45, 2.75) is 32.0 Å². The van der Waals surface area contributed by atoms with Gasteiger partial charge in [-0.25, -0.2) is 5.84 Å². The lowest BCUT2D eigenvalue weighted by atomic mass is 9.89. The van der Waals surface area contributed by atoms with E-state index in [1.165, 1.54) is 22.5 Å². The number of thiophene rings is 1. The number of fused-ring (bicyclic) bond motifs is 1. The third-order valence-electron chi connectivity index (χ3n) is 3.76. The summed E-state index contributed by atoms with van der Waals surface area (Å²) in [6.45, 7) is 0.529. The number of nitrogens with two attached hydrogens (primary N) is 1. The number of ether oxygens (including phenoxy) is 1. The maximum atomic E-state index is 11.4. The molecule has 0 aliphatic heterocycles. The van der Waals surface area contributed by atoms with Gasteiger partial charge < -0.3 is 4.74 Å². The lowest BCUT2D eigenvalue weighted by Gasteiger charge is -2.25. The normalized spacial score (nSPS) is 17.3. The summed E-state index contributed by atoms with van der Waals surface area (Å²) in [6.07, 6.45) is 3.50. The van der Waals surface area contributed by atoms with Crippen molar-refractivity contribution in [1.29, 1.82) is 0 Å². The molecule has 21 heavy (non-hydrogen) atoms. The van der Waals surface area contributed by atoms with Crippen LogP contribution < -0.4 is 11.3 Å². The number of nitrogens with one attached hydrogen (secondary N) is 1. The Bertz CT molecular complexity index is 639. The molecule has 0 radical (unpaired) electrons. The molecule has 1 aliphatic rings. The Hall–Kier alpha value is -1.69. The predicted octanol–water partition coefficient (Wildman–Crippen LogP) is 2.95. The van der Waals surface area contributed by atoms with Gasteiger partial charge in [0.1, 0.15) is 0 Å². The number of carbonyl (C=O) groups excluding carboxylic acids is 1. The number of hydrogen-bond acceptors (Lipinski definition) is 4. The van der Waals surface area contributed by atoms with Gasteiger partial charge in [-0.3, -0.25) is 10.2 Å². The molecule has 1 atom stereocenters. The van der Waals surface area contributed by atoms with Crippen molar-refractivity contribution in [3.8, 4) is 0 Å². The van der Waals surface area contributed by atoms with E-state index in [2.05, 4.69) is 29.7 Å². The Morgan fingerprint density at radius 3 is 3.05 bits per heavy atom. The Kier molecular flexibility index (Phi) is 4.34. The summed E-state index contributed by atoms with van der Waals surface area (Å²) in [7, 11) is 0. The molecular weight excluding hydrogens is 284 g/mol. The second kappa shape index (κ2) is 6.39. The molecule has 3 N–H and O–H groups in total. The Morgan fingerprint density at radius 2 is 2.19 bits per heavy atom. The van der Waals surface area contributed by atoms with E-state index in [0.29, 0.717) is 11.5 Å². The van der Waals surface area contributed by atoms with Gasteiger partial charge in [0.15, 0.2) is 0 Å². The third-order valence-corrected chi connectivity index (χ3v) is 4.82. The Balaban J connectivity index is 1.66. The Labute approximate surface area is 127 Å². The molecule has 1 heterocycles. The molecule has 0 saturated carbocycles. The monoisotopic (exact) mass is 302 g/mol. The fourth-order valence-corrected chi connectivity index (χ4v) is 3.55. The van der Waals surface area contributed by atoms with Crippen molar-refractivity contribution in [3.63, 3.8) is 0 Å². The zero-order valence-electron chi connectivity index (χ0n) is 11.7. The zero-order chi connectivity index (χ0) is 14.7. The molecule has 0 spiro atoms. The van der Waals surface area contributed by atoms with Crippen molar-refractivity contribution >= 4 is 17.2 Å². The van der Waals surface area contributed by atoms with Crippen LogP contribution in [0.1, 0.15) is 44.6 Å². The standard InChI is InChI=1S/C16H18N2O2S/c17-18-16(19)15-9-8-12(21-15)10-20-14-7-3-5-11-4-1-2-6-13(11)14/h1-2,4,6,8-9,14H,3,5,7,10,17H2,(H,18,19). The average molecular weight is 302 g/mol. The van der Waals surface area contributed by atoms with Crippen molar-refractivity contribution in [2.75, 3.05) is 0 Å². The lowest BCUT2D eigenvalue weighted by molar-refractivity contribution is 0.0298. The maximum absolute atomic E-state index is 11.4. The third kappa shape index (κ3) is 3.15. The van der Waals surface area contributed by atoms with Gasteiger partial charge in [-0.2, -0.15) is 0 Å². The molecule has 0 fully saturated rings. The topological polar surface area (TPSA) is 64.3 Å². The predicted molar refractivity (Wildman–Crippen MR) is 82.9 cm³/mol. The Morgan fingerprint density at radius 1 is 1.33 bits per heavy atom. The number of amides is 1. The van der Waals surface area contributed by atoms with Gasteiger partial charge in [0.05, 0.1) is 17.6 Å². The number of carbonyl (C=O) groups is 1. The van der Waals surface area contributed by atoms with Crippen LogP contribution in [0.25, 0.3) is 0 Å². The molecule has 2 aromatic rings. The number of aryl methyl sites for hydroxylation is 1. The fourth-order valence-electron chi connectivity index (χ4n) is 2.71. The highest BCUT2D eigenvalue weighted by Crippen LogP contribution is 2.33. The summed E-state index contributed by atoms with van der Waals surface area (Å²) in [5.41, 5.74) is 4.84. The summed E-state index contributed by atoms with van der Waals surface area (Å²) in [4.78, 5) is 13.1. The molecule has 0 bridgehead atoms. The van der Waals surface area contributed by atoms with Crippen LogP contribution in [0, 0.1) is 0 Å². The maximum Gasteiger partial charge on any atom is 0.275 e. The molecule has 4 nitrogen and oxygen atoms in total. The molecule has 1 aromatic carbocycles. The van der Waals surface area contributed by atoms with E-state index in [1.54, 1.807) is 6.07 Å². The zero-order valence-corrected chi connectivity index (χ0v) is 12.5. The SMILES string of the molecule is NNC(=O)c1ccc(COC2CCCc3ccccc32)s1. The first kappa shape index (κ1) is 14.3. The van der Waals surface area contributed by atoms with E-state index in [0.717, 1.165) is 24.1 Å². The van der Waals surface area contributed by atoms with Crippen molar-refractivity contribution in [2.24, 2.45) is 5.84 Å². The number of benzene rings is 1. The fraction of sp³-hybridized carbons (Fsp3) is 0.312. The van der Waals surface area contributed by atoms with Crippen molar-refractivity contribution in [3.05, 3.63) is 57.3 Å². The molecule has 110 valence electrons. The summed E-state index contributed by atoms with van der Waals surface area (Å²) < 4.78 is 6.07. The van der Waals surface area contributed by atoms with E-state index in [9.17, 15) is 4.79 Å². The van der Waals surface area contributed by atoms with Gasteiger partial charge in [-0.05, 0) is 42.5 Å². The van der Waals surface area contributed by atoms with Crippen LogP contribution in [0.4, 0.5) is 0 Å². The van der Waals surface area contributed by atoms with Gasteiger partial charge in [-0.15, -0.1) is 11.3 Å². The minimum absolute atomic E-state index is 0.156. The highest BCUT2D eigenvalue weighted by Gasteiger charge is 2.20. The van der Waals surface area contributed by atoms with Crippen LogP contribution in [-0.4, -0.2) is 5.91 Å². The van der Waals surface area contributed by atoms with E-state index in [4.69, 9.17) is 10.6 Å². The van der Waals surface area contributed by atoms with Crippen molar-refractivity contribution in [1.82, 2.24) is 5.43 Å². The summed E-state index contributed by atoms with van der Waals surface area (Å²) >= 11 is 1.42. The molecule has 5 heteroatoms. The first-order valence-electron chi connectivity index (χ1n) is 7.07. The van der Waals surface area contributed by atoms with E-state index in [1.807, 2.05) is 6.07 Å². The van der Waals surface area contributed by atoms with Gasteiger partial charge in [0.2, 0.25) is 0 Å². The van der Waals surface area contributed by atoms with Crippen LogP contribution in [0.3, 0.4) is 0 Å². The summed E-state index contributed by atoms with van der Waals surface area (Å²) in [6, 6.07) is 12.2. The van der Waals surface area contributed by atoms with Crippen LogP contribution in [0.15, 0.2) is 36.4 Å². The molecule has 1 aromatic heterocycles. The summed E-state index contributed by atoms with van der Waals surface area (Å²) in [5, 5.41) is 0. The van der Waals surface area contributed by atoms with E-state index in [-0.39, 0.29) is 12.0 Å². The minimum atomic E-state index is -0.255. The molecule has 3 rings (SSSR count). The van der Waals surface area contributed by atoms with E-state index >= 15 is 0 Å². The summed E-state index contributed by atoms with van der Waals surface area (Å²) in [5.74, 6) is 4.88. The van der Waals surface area contributed by atoms with Crippen LogP contribution in [-0.2, 0) is 17.8 Å². The van der Waals surface area contributed by atoms with Crippen LogP contribution in [0.2, 0.25) is 0 Å². The second-order valence-electron chi connectivity index (χ2n) is 5.13. The lowest BCUT2D eigenvalue weighted by Crippen LogP contribution is -2.29. The van der Waals surface area contributed by atoms with Gasteiger partial charge in [0.25, 0.3) is 5.91 Å². The first-order chi connectivity index (χ1) is 10.3. The second-order valence-corrected chi connectivity index (χ2v) is 6.30. The largest absolute Gasteiger partial charge is 0.368 e. The van der Waals surface area contributed by atoms with Gasteiger partial charge >= 0.3 is 0 Å².